The highest BCUT2D eigenvalue weighted by atomic mass is 19.4. The highest BCUT2D eigenvalue weighted by Gasteiger charge is 2.45. The van der Waals surface area contributed by atoms with Crippen LogP contribution in [0.1, 0.15) is 21.7 Å². The summed E-state index contributed by atoms with van der Waals surface area (Å²) in [6, 6.07) is 11.0. The molecule has 0 atom stereocenters. The molecular weight excluding hydrogens is 411 g/mol. The molecule has 152 valence electrons. The van der Waals surface area contributed by atoms with Crippen LogP contribution in [0.2, 0.25) is 0 Å². The fourth-order valence-electron chi connectivity index (χ4n) is 3.20. The highest BCUT2D eigenvalue weighted by Crippen LogP contribution is 2.33. The number of ketones is 1. The van der Waals surface area contributed by atoms with Gasteiger partial charge in [-0.05, 0) is 16.8 Å². The van der Waals surface area contributed by atoms with Crippen LogP contribution >= 0.6 is 0 Å². The molecule has 1 heterocycles. The fraction of sp³-hybridized carbons (Fsp3) is 0.0500. The van der Waals surface area contributed by atoms with Crippen molar-refractivity contribution in [2.75, 3.05) is 0 Å². The van der Waals surface area contributed by atoms with Gasteiger partial charge < -0.3 is 9.94 Å². The Morgan fingerprint density at radius 3 is 2.23 bits per heavy atom. The van der Waals surface area contributed by atoms with Gasteiger partial charge in [0.05, 0.1) is 10.5 Å². The second-order valence-electron chi connectivity index (χ2n) is 6.43. The third-order valence-corrected chi connectivity index (χ3v) is 4.58. The molecule has 3 aromatic carbocycles. The lowest BCUT2D eigenvalue weighted by atomic mass is 10.0. The predicted molar refractivity (Wildman–Crippen MR) is 96.4 cm³/mol. The van der Waals surface area contributed by atoms with Crippen molar-refractivity contribution >= 4 is 27.6 Å². The van der Waals surface area contributed by atoms with Crippen LogP contribution in [0, 0.1) is 21.7 Å². The zero-order valence-electron chi connectivity index (χ0n) is 14.7. The fourth-order valence-corrected chi connectivity index (χ4v) is 3.20. The molecule has 10 heteroatoms. The lowest BCUT2D eigenvalue weighted by molar-refractivity contribution is -0.470. The first-order valence-electron chi connectivity index (χ1n) is 8.38. The van der Waals surface area contributed by atoms with E-state index in [1.54, 1.807) is 24.3 Å². The molecule has 1 aromatic heterocycles. The van der Waals surface area contributed by atoms with E-state index in [-0.39, 0.29) is 17.7 Å². The Hall–Kier alpha value is -3.82. The molecule has 5 nitrogen and oxygen atoms in total. The Kier molecular flexibility index (Phi) is 4.30. The Morgan fingerprint density at radius 1 is 0.933 bits per heavy atom. The number of fused-ring (bicyclic) bond motifs is 2. The molecule has 0 aliphatic carbocycles. The summed E-state index contributed by atoms with van der Waals surface area (Å²) >= 11 is 0. The maximum Gasteiger partial charge on any atom is 0.438 e. The van der Waals surface area contributed by atoms with E-state index in [9.17, 15) is 36.9 Å². The van der Waals surface area contributed by atoms with E-state index >= 15 is 0 Å². The van der Waals surface area contributed by atoms with E-state index in [1.807, 2.05) is 0 Å². The Balaban J connectivity index is 2.07. The van der Waals surface area contributed by atoms with Gasteiger partial charge in [-0.15, -0.1) is 0 Å². The number of carbonyl (C=O) groups excluding carboxylic acids is 1. The SMILES string of the molecule is O=C(c1ccc2ccccc2c1)c1c(C(F)(F)F)n([O-])c2cc(F)c(F)cc2[n+]1=O. The second-order valence-corrected chi connectivity index (χ2v) is 6.43. The van der Waals surface area contributed by atoms with Crippen LogP contribution in [0.5, 0.6) is 0 Å². The summed E-state index contributed by atoms with van der Waals surface area (Å²) in [7, 11) is 0. The number of alkyl halides is 3. The van der Waals surface area contributed by atoms with Crippen LogP contribution < -0.4 is 4.43 Å². The first-order valence-corrected chi connectivity index (χ1v) is 8.38. The van der Waals surface area contributed by atoms with E-state index in [1.165, 1.54) is 18.2 Å². The van der Waals surface area contributed by atoms with Gasteiger partial charge in [-0.1, -0.05) is 36.4 Å². The van der Waals surface area contributed by atoms with E-state index in [0.29, 0.717) is 10.8 Å². The molecule has 0 unspecified atom stereocenters. The van der Waals surface area contributed by atoms with Gasteiger partial charge >= 0.3 is 11.9 Å². The van der Waals surface area contributed by atoms with Crippen molar-refractivity contribution in [3.63, 3.8) is 0 Å². The lowest BCUT2D eigenvalue weighted by Crippen LogP contribution is -2.35. The van der Waals surface area contributed by atoms with Gasteiger partial charge in [0.25, 0.3) is 11.3 Å². The molecule has 0 bridgehead atoms. The number of hydrogen-bond donors (Lipinski definition) is 0. The van der Waals surface area contributed by atoms with Crippen molar-refractivity contribution in [2.24, 2.45) is 0 Å². The van der Waals surface area contributed by atoms with E-state index in [0.717, 1.165) is 0 Å². The third kappa shape index (κ3) is 2.97. The molecule has 0 N–H and O–H groups in total. The number of hydrogen-bond acceptors (Lipinski definition) is 3. The van der Waals surface area contributed by atoms with Crippen LogP contribution in [0.3, 0.4) is 0 Å². The average molecular weight is 420 g/mol. The van der Waals surface area contributed by atoms with Crippen molar-refractivity contribution in [1.82, 2.24) is 4.73 Å². The predicted octanol–water partition coefficient (Wildman–Crippen LogP) is 4.58. The molecular formula is C20H9F5N2O3. The summed E-state index contributed by atoms with van der Waals surface area (Å²) < 4.78 is 66.7. The molecule has 0 aliphatic rings. The van der Waals surface area contributed by atoms with Gasteiger partial charge in [0, 0.05) is 16.5 Å². The van der Waals surface area contributed by atoms with Crippen LogP contribution in [-0.2, 0) is 6.18 Å². The maximum atomic E-state index is 13.6. The third-order valence-electron chi connectivity index (χ3n) is 4.58. The van der Waals surface area contributed by atoms with Crippen LogP contribution in [0.4, 0.5) is 22.0 Å². The van der Waals surface area contributed by atoms with Crippen molar-refractivity contribution in [3.8, 4) is 0 Å². The molecule has 0 fully saturated rings. The Bertz CT molecular complexity index is 1410. The van der Waals surface area contributed by atoms with Gasteiger partial charge in [0.15, 0.2) is 11.6 Å². The Morgan fingerprint density at radius 2 is 1.57 bits per heavy atom. The summed E-state index contributed by atoms with van der Waals surface area (Å²) in [6.45, 7) is 0. The van der Waals surface area contributed by atoms with Gasteiger partial charge in [-0.25, -0.2) is 8.78 Å². The minimum atomic E-state index is -5.42. The monoisotopic (exact) mass is 420 g/mol. The molecule has 0 amide bonds. The molecule has 4 rings (SSSR count). The van der Waals surface area contributed by atoms with Crippen LogP contribution in [0.25, 0.3) is 21.8 Å². The number of halogens is 5. The van der Waals surface area contributed by atoms with Gasteiger partial charge in [0.2, 0.25) is 5.69 Å². The Labute approximate surface area is 163 Å². The van der Waals surface area contributed by atoms with Gasteiger partial charge in [0.1, 0.15) is 5.52 Å². The van der Waals surface area contributed by atoms with Crippen molar-refractivity contribution < 1.29 is 31.2 Å². The molecule has 0 radical (unpaired) electrons. The molecule has 0 spiro atoms. The molecule has 0 saturated heterocycles. The average Bonchev–Trinajstić information content (AvgIpc) is 2.70. The van der Waals surface area contributed by atoms with Gasteiger partial charge in [-0.2, -0.15) is 13.2 Å². The normalized spacial score (nSPS) is 11.9. The quantitative estimate of drug-likeness (QED) is 0.271. The number of nitrogens with zero attached hydrogens (tertiary/aromatic N) is 2. The zero-order chi connectivity index (χ0) is 21.8. The number of aromatic nitrogens is 2. The minimum absolute atomic E-state index is 0.172. The summed E-state index contributed by atoms with van der Waals surface area (Å²) in [5.41, 5.74) is -5.92. The van der Waals surface area contributed by atoms with Crippen LogP contribution in [0.15, 0.2) is 54.6 Å². The molecule has 4 aromatic rings. The van der Waals surface area contributed by atoms with E-state index in [4.69, 9.17) is 0 Å². The first-order chi connectivity index (χ1) is 14.1. The second kappa shape index (κ2) is 6.61. The van der Waals surface area contributed by atoms with E-state index < -0.39 is 55.2 Å². The molecule has 0 saturated carbocycles. The maximum absolute atomic E-state index is 13.6. The van der Waals surface area contributed by atoms with Crippen molar-refractivity contribution in [1.29, 1.82) is 0 Å². The summed E-state index contributed by atoms with van der Waals surface area (Å²) in [6.07, 6.45) is -5.42. The summed E-state index contributed by atoms with van der Waals surface area (Å²) in [4.78, 5) is 25.5. The standard InChI is InChI=1S/C20H9F5N2O3/c21-13-8-15-16(9-14(13)22)27(30)19(20(23,24)25)17(26(15)29)18(28)12-6-5-10-3-1-2-4-11(10)7-12/h1-9H. The number of rotatable bonds is 2. The zero-order valence-corrected chi connectivity index (χ0v) is 14.7. The van der Waals surface area contributed by atoms with E-state index in [2.05, 4.69) is 0 Å². The lowest BCUT2D eigenvalue weighted by Gasteiger charge is -2.20. The van der Waals surface area contributed by atoms with Crippen molar-refractivity contribution in [2.45, 2.75) is 6.18 Å². The van der Waals surface area contributed by atoms with Crippen LogP contribution in [-0.4, -0.2) is 10.5 Å². The summed E-state index contributed by atoms with van der Waals surface area (Å²) in [5, 5.41) is 13.6. The molecule has 0 aliphatic heterocycles. The largest absolute Gasteiger partial charge is 0.805 e. The number of carbonyl (C=O) groups is 1. The smallest absolute Gasteiger partial charge is 0.438 e. The van der Waals surface area contributed by atoms with Crippen molar-refractivity contribution in [3.05, 3.63) is 93.3 Å². The highest BCUT2D eigenvalue weighted by molar-refractivity contribution is 6.09. The first kappa shape index (κ1) is 19.5. The minimum Gasteiger partial charge on any atom is -0.805 e. The number of benzene rings is 3. The topological polar surface area (TPSA) is 68.0 Å². The molecule has 30 heavy (non-hydrogen) atoms. The van der Waals surface area contributed by atoms with Gasteiger partial charge in [-0.3, -0.25) is 4.79 Å². The summed E-state index contributed by atoms with van der Waals surface area (Å²) in [5.74, 6) is -4.57.